The zero-order valence-electron chi connectivity index (χ0n) is 40.2. The van der Waals surface area contributed by atoms with Crippen molar-refractivity contribution in [3.8, 4) is 0 Å². The van der Waals surface area contributed by atoms with E-state index < -0.39 is 0 Å². The molecule has 0 amide bonds. The Balaban J connectivity index is 1.69. The molecule has 60 heavy (non-hydrogen) atoms. The Hall–Kier alpha value is -1.89. The summed E-state index contributed by atoms with van der Waals surface area (Å²) in [4.78, 5) is 42.6. The van der Waals surface area contributed by atoms with Gasteiger partial charge in [-0.05, 0) is 90.3 Å². The summed E-state index contributed by atoms with van der Waals surface area (Å²) in [5.41, 5.74) is 0.583. The minimum absolute atomic E-state index is 0.0247. The summed E-state index contributed by atoms with van der Waals surface area (Å²) in [6.07, 6.45) is 47.4. The molecule has 0 aromatic heterocycles. The molecule has 1 aliphatic rings. The number of nitrogens with one attached hydrogen (secondary N) is 1. The van der Waals surface area contributed by atoms with E-state index in [1.807, 2.05) is 0 Å². The van der Waals surface area contributed by atoms with E-state index in [1.54, 1.807) is 0 Å². The lowest BCUT2D eigenvalue weighted by Crippen LogP contribution is -2.44. The molecule has 0 spiro atoms. The van der Waals surface area contributed by atoms with Gasteiger partial charge in [0.05, 0.1) is 0 Å². The first-order valence-corrected chi connectivity index (χ1v) is 26.8. The summed E-state index contributed by atoms with van der Waals surface area (Å²) in [7, 11) is 0. The molecule has 7 heteroatoms. The molecule has 0 unspecified atom stereocenters. The second kappa shape index (κ2) is 38.8. The van der Waals surface area contributed by atoms with Crippen molar-refractivity contribution in [1.82, 2.24) is 4.90 Å². The number of anilines is 2. The van der Waals surface area contributed by atoms with Gasteiger partial charge in [0.2, 0.25) is 0 Å². The Morgan fingerprint density at radius 1 is 0.517 bits per heavy atom. The normalized spacial score (nSPS) is 13.3. The smallest absolute Gasteiger partial charge is 0.306 e. The zero-order chi connectivity index (χ0) is 43.1. The minimum atomic E-state index is -0.329. The fourth-order valence-corrected chi connectivity index (χ4v) is 9.29. The van der Waals surface area contributed by atoms with Crippen LogP contribution in [0.15, 0.2) is 9.59 Å². The van der Waals surface area contributed by atoms with Gasteiger partial charge in [0.1, 0.15) is 17.5 Å². The first kappa shape index (κ1) is 54.2. The number of hydrogen-bond donors (Lipinski definition) is 1. The highest BCUT2D eigenvalue weighted by molar-refractivity contribution is 5.75. The van der Waals surface area contributed by atoms with Crippen molar-refractivity contribution in [1.29, 1.82) is 0 Å². The van der Waals surface area contributed by atoms with Crippen molar-refractivity contribution in [2.75, 3.05) is 49.5 Å². The van der Waals surface area contributed by atoms with Gasteiger partial charge in [-0.1, -0.05) is 188 Å². The van der Waals surface area contributed by atoms with Crippen LogP contribution in [0.1, 0.15) is 265 Å². The predicted molar refractivity (Wildman–Crippen MR) is 261 cm³/mol. The van der Waals surface area contributed by atoms with Gasteiger partial charge in [-0.3, -0.25) is 14.4 Å². The molecule has 1 heterocycles. The van der Waals surface area contributed by atoms with E-state index >= 15 is 0 Å². The molecule has 0 bridgehead atoms. The lowest BCUT2D eigenvalue weighted by molar-refractivity contribution is -0.150. The average molecular weight is 842 g/mol. The highest BCUT2D eigenvalue weighted by Crippen LogP contribution is 2.24. The third-order valence-corrected chi connectivity index (χ3v) is 13.3. The SMILES string of the molecule is CCCCCCCCCCCCCCCCN(CCCCCCCC(=O)OC(CCCCCCCC)CCCCCCCC)CCCNc1c(N2CCCCC2)c(=O)c1=O. The van der Waals surface area contributed by atoms with Crippen LogP contribution >= 0.6 is 0 Å². The average Bonchev–Trinajstić information content (AvgIpc) is 3.26. The Morgan fingerprint density at radius 2 is 0.917 bits per heavy atom. The second-order valence-electron chi connectivity index (χ2n) is 18.9. The van der Waals surface area contributed by atoms with Crippen LogP contribution in [0.3, 0.4) is 0 Å². The number of hydrogen-bond acceptors (Lipinski definition) is 7. The molecule has 1 N–H and O–H groups in total. The fourth-order valence-electron chi connectivity index (χ4n) is 9.29. The topological polar surface area (TPSA) is 79.0 Å². The standard InChI is InChI=1S/C53H99N3O4/c1-4-7-10-13-16-17-18-19-20-21-22-23-28-34-43-55(45-38-42-54-50-51(53(59)52(50)58)56-46-36-30-37-47-56)44-35-29-24-27-33-41-49(57)60-48(39-31-25-14-11-8-5-2)40-32-26-15-12-9-6-3/h48,54H,4-47H2,1-3H3. The van der Waals surface area contributed by atoms with E-state index in [4.69, 9.17) is 4.74 Å². The van der Waals surface area contributed by atoms with Crippen LogP contribution < -0.4 is 21.1 Å². The molecule has 350 valence electrons. The summed E-state index contributed by atoms with van der Waals surface area (Å²) in [6, 6.07) is 0. The van der Waals surface area contributed by atoms with E-state index in [0.29, 0.717) is 17.8 Å². The molecule has 7 nitrogen and oxygen atoms in total. The first-order valence-electron chi connectivity index (χ1n) is 26.8. The minimum Gasteiger partial charge on any atom is -0.462 e. The molecule has 1 fully saturated rings. The van der Waals surface area contributed by atoms with Crippen molar-refractivity contribution in [2.45, 2.75) is 271 Å². The van der Waals surface area contributed by atoms with Gasteiger partial charge in [-0.15, -0.1) is 0 Å². The third kappa shape index (κ3) is 27.2. The number of rotatable bonds is 44. The Morgan fingerprint density at radius 3 is 1.38 bits per heavy atom. The van der Waals surface area contributed by atoms with Crippen molar-refractivity contribution in [2.24, 2.45) is 0 Å². The van der Waals surface area contributed by atoms with Crippen molar-refractivity contribution in [3.05, 3.63) is 20.4 Å². The number of carbonyl (C=O) groups is 1. The number of unbranched alkanes of at least 4 members (excludes halogenated alkanes) is 27. The molecule has 0 aliphatic carbocycles. The van der Waals surface area contributed by atoms with Crippen LogP contribution in [0.25, 0.3) is 0 Å². The van der Waals surface area contributed by atoms with Gasteiger partial charge < -0.3 is 19.9 Å². The molecule has 2 rings (SSSR count). The van der Waals surface area contributed by atoms with E-state index in [1.165, 1.54) is 193 Å². The Bertz CT molecular complexity index is 1170. The van der Waals surface area contributed by atoms with E-state index in [2.05, 4.69) is 35.9 Å². The maximum absolute atomic E-state index is 12.9. The van der Waals surface area contributed by atoms with Gasteiger partial charge in [-0.2, -0.15) is 0 Å². The molecule has 1 aromatic carbocycles. The number of ether oxygens (including phenoxy) is 1. The zero-order valence-corrected chi connectivity index (χ0v) is 40.2. The van der Waals surface area contributed by atoms with Crippen LogP contribution in [0.4, 0.5) is 11.4 Å². The van der Waals surface area contributed by atoms with Crippen molar-refractivity contribution >= 4 is 17.3 Å². The van der Waals surface area contributed by atoms with Crippen LogP contribution in [-0.4, -0.2) is 56.2 Å². The molecule has 0 radical (unpaired) electrons. The van der Waals surface area contributed by atoms with Gasteiger partial charge in [0.15, 0.2) is 0 Å². The number of piperidine rings is 1. The first-order chi connectivity index (χ1) is 29.5. The van der Waals surface area contributed by atoms with Crippen molar-refractivity contribution in [3.63, 3.8) is 0 Å². The fraction of sp³-hybridized carbons (Fsp3) is 0.906. The lowest BCUT2D eigenvalue weighted by Gasteiger charge is -2.31. The van der Waals surface area contributed by atoms with E-state index in [-0.39, 0.29) is 22.9 Å². The molecule has 1 saturated heterocycles. The summed E-state index contributed by atoms with van der Waals surface area (Å²) < 4.78 is 6.10. The second-order valence-corrected chi connectivity index (χ2v) is 18.9. The molecular formula is C53H99N3O4. The van der Waals surface area contributed by atoms with Gasteiger partial charge in [-0.25, -0.2) is 0 Å². The number of nitrogens with zero attached hydrogens (tertiary/aromatic N) is 2. The third-order valence-electron chi connectivity index (χ3n) is 13.3. The van der Waals surface area contributed by atoms with Crippen LogP contribution in [-0.2, 0) is 9.53 Å². The monoisotopic (exact) mass is 842 g/mol. The lowest BCUT2D eigenvalue weighted by atomic mass is 10.0. The number of carbonyl (C=O) groups excluding carboxylic acids is 1. The maximum Gasteiger partial charge on any atom is 0.306 e. The van der Waals surface area contributed by atoms with E-state index in [9.17, 15) is 14.4 Å². The highest BCUT2D eigenvalue weighted by Gasteiger charge is 2.26. The van der Waals surface area contributed by atoms with Crippen LogP contribution in [0, 0.1) is 0 Å². The summed E-state index contributed by atoms with van der Waals surface area (Å²) in [5, 5.41) is 3.37. The summed E-state index contributed by atoms with van der Waals surface area (Å²) in [6.45, 7) is 12.6. The van der Waals surface area contributed by atoms with Gasteiger partial charge in [0.25, 0.3) is 10.9 Å². The summed E-state index contributed by atoms with van der Waals surface area (Å²) in [5.74, 6) is 0.0247. The molecule has 1 aromatic rings. The molecule has 1 aliphatic heterocycles. The Labute approximate surface area is 371 Å². The maximum atomic E-state index is 12.9. The molecule has 0 atom stereocenters. The van der Waals surface area contributed by atoms with Gasteiger partial charge in [0, 0.05) is 26.1 Å². The van der Waals surface area contributed by atoms with E-state index in [0.717, 1.165) is 84.2 Å². The largest absolute Gasteiger partial charge is 0.462 e. The van der Waals surface area contributed by atoms with Crippen LogP contribution in [0.2, 0.25) is 0 Å². The Kier molecular flexibility index (Phi) is 35.0. The number of esters is 1. The molecule has 0 saturated carbocycles. The summed E-state index contributed by atoms with van der Waals surface area (Å²) >= 11 is 0. The van der Waals surface area contributed by atoms with Gasteiger partial charge >= 0.3 is 5.97 Å². The molecular weight excluding hydrogens is 743 g/mol. The quantitative estimate of drug-likeness (QED) is 0.0398. The van der Waals surface area contributed by atoms with Crippen LogP contribution in [0.5, 0.6) is 0 Å². The van der Waals surface area contributed by atoms with Crippen molar-refractivity contribution < 1.29 is 9.53 Å². The highest BCUT2D eigenvalue weighted by atomic mass is 16.5. The predicted octanol–water partition coefficient (Wildman–Crippen LogP) is 14.6.